The molecular formula is C16H13N5O. The van der Waals surface area contributed by atoms with Crippen LogP contribution in [0.25, 0.3) is 16.7 Å². The summed E-state index contributed by atoms with van der Waals surface area (Å²) in [5.74, 6) is 0.127. The van der Waals surface area contributed by atoms with Crippen LogP contribution in [0, 0.1) is 6.92 Å². The van der Waals surface area contributed by atoms with E-state index in [2.05, 4.69) is 20.3 Å². The van der Waals surface area contributed by atoms with Crippen molar-refractivity contribution < 1.29 is 4.79 Å². The number of hydrogen-bond donors (Lipinski definition) is 2. The second-order valence-electron chi connectivity index (χ2n) is 5.08. The van der Waals surface area contributed by atoms with E-state index in [1.165, 1.54) is 0 Å². The highest BCUT2D eigenvalue weighted by Crippen LogP contribution is 2.14. The number of H-pyrrole nitrogens is 1. The molecule has 0 radical (unpaired) electrons. The first kappa shape index (κ1) is 12.6. The molecule has 3 aromatic heterocycles. The molecule has 0 spiro atoms. The van der Waals surface area contributed by atoms with Crippen LogP contribution in [0.4, 0.5) is 5.95 Å². The fraction of sp³-hybridized carbons (Fsp3) is 0.0625. The van der Waals surface area contributed by atoms with Crippen LogP contribution in [0.15, 0.2) is 48.7 Å². The van der Waals surface area contributed by atoms with Crippen LogP contribution in [0.5, 0.6) is 0 Å². The molecule has 4 aromatic rings. The molecule has 3 heterocycles. The molecule has 6 nitrogen and oxygen atoms in total. The predicted molar refractivity (Wildman–Crippen MR) is 84.0 cm³/mol. The molecule has 0 saturated carbocycles. The molecule has 6 heteroatoms. The minimum Gasteiger partial charge on any atom is -0.324 e. The highest BCUT2D eigenvalue weighted by molar-refractivity contribution is 6.02. The number of aryl methyl sites for hydroxylation is 1. The lowest BCUT2D eigenvalue weighted by molar-refractivity contribution is 0.102. The average Bonchev–Trinajstić information content (AvgIpc) is 3.10. The third-order valence-corrected chi connectivity index (χ3v) is 3.55. The summed E-state index contributed by atoms with van der Waals surface area (Å²) >= 11 is 0. The number of pyridine rings is 1. The van der Waals surface area contributed by atoms with Crippen molar-refractivity contribution in [3.63, 3.8) is 0 Å². The van der Waals surface area contributed by atoms with Gasteiger partial charge < -0.3 is 9.38 Å². The Balaban J connectivity index is 1.66. The quantitative estimate of drug-likeness (QED) is 0.596. The molecule has 0 atom stereocenters. The molecule has 0 aliphatic heterocycles. The van der Waals surface area contributed by atoms with Gasteiger partial charge in [0.2, 0.25) is 5.95 Å². The number of carbonyl (C=O) groups is 1. The lowest BCUT2D eigenvalue weighted by Crippen LogP contribution is -2.13. The molecule has 0 aliphatic carbocycles. The maximum atomic E-state index is 12.3. The Bertz CT molecular complexity index is 965. The van der Waals surface area contributed by atoms with Gasteiger partial charge in [0.1, 0.15) is 11.3 Å². The van der Waals surface area contributed by atoms with Gasteiger partial charge in [-0.3, -0.25) is 10.1 Å². The van der Waals surface area contributed by atoms with Crippen LogP contribution in [0.2, 0.25) is 0 Å². The molecule has 0 bridgehead atoms. The van der Waals surface area contributed by atoms with Gasteiger partial charge in [0, 0.05) is 11.9 Å². The Kier molecular flexibility index (Phi) is 2.69. The smallest absolute Gasteiger partial charge is 0.278 e. The Morgan fingerprint density at radius 3 is 2.82 bits per heavy atom. The topological polar surface area (TPSA) is 75.1 Å². The molecule has 2 N–H and O–H groups in total. The molecule has 0 saturated heterocycles. The highest BCUT2D eigenvalue weighted by atomic mass is 16.2. The monoisotopic (exact) mass is 291 g/mol. The Labute approximate surface area is 125 Å². The summed E-state index contributed by atoms with van der Waals surface area (Å²) in [6.45, 7) is 1.97. The SMILES string of the molecule is Cc1cccc2nc(C(=O)Nc3nc4ccccc4[nH]3)cn12. The third kappa shape index (κ3) is 2.01. The van der Waals surface area contributed by atoms with Crippen molar-refractivity contribution >= 4 is 28.5 Å². The highest BCUT2D eigenvalue weighted by Gasteiger charge is 2.13. The minimum absolute atomic E-state index is 0.290. The molecule has 0 fully saturated rings. The molecule has 1 aromatic carbocycles. The van der Waals surface area contributed by atoms with E-state index >= 15 is 0 Å². The van der Waals surface area contributed by atoms with E-state index in [0.717, 1.165) is 22.4 Å². The number of benzene rings is 1. The number of carbonyl (C=O) groups excluding carboxylic acids is 1. The third-order valence-electron chi connectivity index (χ3n) is 3.55. The van der Waals surface area contributed by atoms with Gasteiger partial charge >= 0.3 is 0 Å². The maximum Gasteiger partial charge on any atom is 0.278 e. The normalized spacial score (nSPS) is 11.1. The number of nitrogens with zero attached hydrogens (tertiary/aromatic N) is 3. The zero-order valence-corrected chi connectivity index (χ0v) is 11.9. The first-order valence-corrected chi connectivity index (χ1v) is 6.91. The van der Waals surface area contributed by atoms with Gasteiger partial charge in [0.25, 0.3) is 5.91 Å². The lowest BCUT2D eigenvalue weighted by Gasteiger charge is -1.97. The number of aromatic nitrogens is 4. The molecule has 1 amide bonds. The van der Waals surface area contributed by atoms with Gasteiger partial charge in [-0.1, -0.05) is 18.2 Å². The second kappa shape index (κ2) is 4.70. The van der Waals surface area contributed by atoms with Crippen molar-refractivity contribution in [1.82, 2.24) is 19.4 Å². The van der Waals surface area contributed by atoms with Crippen LogP contribution in [0.3, 0.4) is 0 Å². The van der Waals surface area contributed by atoms with Crippen molar-refractivity contribution in [3.8, 4) is 0 Å². The second-order valence-corrected chi connectivity index (χ2v) is 5.08. The molecule has 22 heavy (non-hydrogen) atoms. The van der Waals surface area contributed by atoms with Crippen LogP contribution in [0.1, 0.15) is 16.2 Å². The molecule has 0 aliphatic rings. The van der Waals surface area contributed by atoms with E-state index in [4.69, 9.17) is 0 Å². The van der Waals surface area contributed by atoms with Gasteiger partial charge in [0.05, 0.1) is 11.0 Å². The first-order valence-electron chi connectivity index (χ1n) is 6.91. The summed E-state index contributed by atoms with van der Waals surface area (Å²) in [5, 5.41) is 2.75. The largest absolute Gasteiger partial charge is 0.324 e. The standard InChI is InChI=1S/C16H13N5O/c1-10-5-4-8-14-17-13(9-21(10)14)15(22)20-16-18-11-6-2-3-7-12(11)19-16/h2-9H,1H3,(H2,18,19,20,22). The van der Waals surface area contributed by atoms with Gasteiger partial charge in [-0.05, 0) is 31.2 Å². The number of amides is 1. The number of imidazole rings is 2. The first-order chi connectivity index (χ1) is 10.7. The Morgan fingerprint density at radius 2 is 2.00 bits per heavy atom. The van der Waals surface area contributed by atoms with Crippen LogP contribution in [-0.2, 0) is 0 Å². The number of hydrogen-bond acceptors (Lipinski definition) is 3. The van der Waals surface area contributed by atoms with Crippen molar-refractivity contribution in [2.24, 2.45) is 0 Å². The molecule has 4 rings (SSSR count). The molecule has 108 valence electrons. The minimum atomic E-state index is -0.290. The maximum absolute atomic E-state index is 12.3. The van der Waals surface area contributed by atoms with Crippen LogP contribution < -0.4 is 5.32 Å². The fourth-order valence-corrected chi connectivity index (χ4v) is 2.44. The molecular weight excluding hydrogens is 278 g/mol. The summed E-state index contributed by atoms with van der Waals surface area (Å²) < 4.78 is 1.88. The number of fused-ring (bicyclic) bond motifs is 2. The Morgan fingerprint density at radius 1 is 1.14 bits per heavy atom. The lowest BCUT2D eigenvalue weighted by atomic mass is 10.3. The van der Waals surface area contributed by atoms with Gasteiger partial charge in [-0.25, -0.2) is 9.97 Å². The van der Waals surface area contributed by atoms with E-state index in [0.29, 0.717) is 11.6 Å². The average molecular weight is 291 g/mol. The van der Waals surface area contributed by atoms with E-state index in [1.54, 1.807) is 6.20 Å². The van der Waals surface area contributed by atoms with E-state index < -0.39 is 0 Å². The van der Waals surface area contributed by atoms with E-state index in [9.17, 15) is 4.79 Å². The Hall–Kier alpha value is -3.15. The summed E-state index contributed by atoms with van der Waals surface area (Å²) in [5.41, 5.74) is 3.81. The van der Waals surface area contributed by atoms with Crippen LogP contribution >= 0.6 is 0 Å². The number of rotatable bonds is 2. The van der Waals surface area contributed by atoms with Gasteiger partial charge in [-0.2, -0.15) is 0 Å². The zero-order valence-electron chi connectivity index (χ0n) is 11.9. The number of aromatic amines is 1. The van der Waals surface area contributed by atoms with Crippen molar-refractivity contribution in [3.05, 3.63) is 60.0 Å². The summed E-state index contributed by atoms with van der Waals surface area (Å²) in [6.07, 6.45) is 1.72. The van der Waals surface area contributed by atoms with E-state index in [-0.39, 0.29) is 5.91 Å². The van der Waals surface area contributed by atoms with Gasteiger partial charge in [0.15, 0.2) is 0 Å². The molecule has 0 unspecified atom stereocenters. The summed E-state index contributed by atoms with van der Waals surface area (Å²) in [4.78, 5) is 24.0. The fourth-order valence-electron chi connectivity index (χ4n) is 2.44. The summed E-state index contributed by atoms with van der Waals surface area (Å²) in [6, 6.07) is 13.4. The number of nitrogens with one attached hydrogen (secondary N) is 2. The summed E-state index contributed by atoms with van der Waals surface area (Å²) in [7, 11) is 0. The van der Waals surface area contributed by atoms with Crippen molar-refractivity contribution in [2.75, 3.05) is 5.32 Å². The van der Waals surface area contributed by atoms with Crippen molar-refractivity contribution in [1.29, 1.82) is 0 Å². The van der Waals surface area contributed by atoms with E-state index in [1.807, 2.05) is 53.8 Å². The zero-order chi connectivity index (χ0) is 15.1. The number of anilines is 1. The number of para-hydroxylation sites is 2. The van der Waals surface area contributed by atoms with Crippen LogP contribution in [-0.4, -0.2) is 25.3 Å². The van der Waals surface area contributed by atoms with Crippen molar-refractivity contribution in [2.45, 2.75) is 6.92 Å². The predicted octanol–water partition coefficient (Wildman–Crippen LogP) is 2.77. The van der Waals surface area contributed by atoms with Gasteiger partial charge in [-0.15, -0.1) is 0 Å².